The Balaban J connectivity index is 1.47. The van der Waals surface area contributed by atoms with Crippen LogP contribution in [0.2, 0.25) is 0 Å². The van der Waals surface area contributed by atoms with Crippen molar-refractivity contribution < 1.29 is 9.21 Å². The second kappa shape index (κ2) is 7.58. The highest BCUT2D eigenvalue weighted by Crippen LogP contribution is 2.30. The van der Waals surface area contributed by atoms with Gasteiger partial charge in [0.05, 0.1) is 5.75 Å². The number of benzene rings is 2. The number of nitrogens with one attached hydrogen (secondary N) is 1. The van der Waals surface area contributed by atoms with Gasteiger partial charge in [0.15, 0.2) is 16.7 Å². The molecule has 0 aliphatic carbocycles. The van der Waals surface area contributed by atoms with Crippen LogP contribution in [0.5, 0.6) is 0 Å². The van der Waals surface area contributed by atoms with Crippen LogP contribution in [0.4, 0.5) is 5.69 Å². The summed E-state index contributed by atoms with van der Waals surface area (Å²) in [5, 5.41) is 12.9. The molecule has 0 saturated heterocycles. The second-order valence-corrected chi connectivity index (χ2v) is 7.72. The van der Waals surface area contributed by atoms with Crippen LogP contribution in [0.25, 0.3) is 22.6 Å². The molecule has 0 saturated carbocycles. The minimum Gasteiger partial charge on any atom is -0.453 e. The third-order valence-electron chi connectivity index (χ3n) is 3.92. The zero-order chi connectivity index (χ0) is 18.8. The summed E-state index contributed by atoms with van der Waals surface area (Å²) in [7, 11) is 1.86. The van der Waals surface area contributed by atoms with Gasteiger partial charge in [0, 0.05) is 22.6 Å². The lowest BCUT2D eigenvalue weighted by molar-refractivity contribution is -0.113. The minimum absolute atomic E-state index is 0.0932. The quantitative estimate of drug-likeness (QED) is 0.452. The van der Waals surface area contributed by atoms with E-state index < -0.39 is 0 Å². The predicted molar refractivity (Wildman–Crippen MR) is 110 cm³/mol. The molecule has 0 atom stereocenters. The third kappa shape index (κ3) is 3.91. The van der Waals surface area contributed by atoms with Crippen LogP contribution in [-0.4, -0.2) is 26.4 Å². The van der Waals surface area contributed by atoms with Gasteiger partial charge >= 0.3 is 0 Å². The SMILES string of the molecule is Cn1c(SCC(=O)Nc2ccccc2)nnc1-c1cc2cc(Br)ccc2o1. The van der Waals surface area contributed by atoms with E-state index in [4.69, 9.17) is 4.42 Å². The highest BCUT2D eigenvalue weighted by molar-refractivity contribution is 9.10. The maximum Gasteiger partial charge on any atom is 0.234 e. The highest BCUT2D eigenvalue weighted by atomic mass is 79.9. The van der Waals surface area contributed by atoms with E-state index in [0.717, 1.165) is 21.1 Å². The summed E-state index contributed by atoms with van der Waals surface area (Å²) in [4.78, 5) is 12.1. The number of halogens is 1. The lowest BCUT2D eigenvalue weighted by atomic mass is 10.2. The Morgan fingerprint density at radius 1 is 1.19 bits per heavy atom. The van der Waals surface area contributed by atoms with Crippen molar-refractivity contribution in [3.05, 3.63) is 59.1 Å². The van der Waals surface area contributed by atoms with Crippen LogP contribution in [0.15, 0.2) is 68.6 Å². The number of hydrogen-bond donors (Lipinski definition) is 1. The van der Waals surface area contributed by atoms with Crippen molar-refractivity contribution in [1.29, 1.82) is 0 Å². The Labute approximate surface area is 168 Å². The number of para-hydroxylation sites is 1. The molecule has 0 unspecified atom stereocenters. The second-order valence-electron chi connectivity index (χ2n) is 5.86. The standard InChI is InChI=1S/C19H15BrN4O2S/c1-24-18(16-10-12-9-13(20)7-8-15(12)26-16)22-23-19(24)27-11-17(25)21-14-5-3-2-4-6-14/h2-10H,11H2,1H3,(H,21,25). The zero-order valence-electron chi connectivity index (χ0n) is 14.3. The first-order valence-electron chi connectivity index (χ1n) is 8.17. The Bertz CT molecular complexity index is 1110. The average Bonchev–Trinajstić information content (AvgIpc) is 3.23. The first kappa shape index (κ1) is 17.8. The van der Waals surface area contributed by atoms with Crippen LogP contribution in [-0.2, 0) is 11.8 Å². The van der Waals surface area contributed by atoms with Gasteiger partial charge < -0.3 is 14.3 Å². The fraction of sp³-hybridized carbons (Fsp3) is 0.105. The molecule has 4 rings (SSSR count). The summed E-state index contributed by atoms with van der Waals surface area (Å²) in [6.45, 7) is 0. The first-order valence-corrected chi connectivity index (χ1v) is 9.94. The molecule has 4 aromatic rings. The fourth-order valence-electron chi connectivity index (χ4n) is 2.63. The van der Waals surface area contributed by atoms with E-state index >= 15 is 0 Å². The molecular formula is C19H15BrN4O2S. The van der Waals surface area contributed by atoms with Crippen LogP contribution in [0, 0.1) is 0 Å². The van der Waals surface area contributed by atoms with Gasteiger partial charge in [-0.3, -0.25) is 4.79 Å². The molecule has 0 bridgehead atoms. The number of hydrogen-bond acceptors (Lipinski definition) is 5. The molecule has 0 aliphatic heterocycles. The van der Waals surface area contributed by atoms with Crippen LogP contribution >= 0.6 is 27.7 Å². The molecule has 6 nitrogen and oxygen atoms in total. The Morgan fingerprint density at radius 3 is 2.81 bits per heavy atom. The molecule has 0 fully saturated rings. The Kier molecular flexibility index (Phi) is 5.00. The lowest BCUT2D eigenvalue weighted by Crippen LogP contribution is -2.14. The van der Waals surface area contributed by atoms with Gasteiger partial charge in [-0.2, -0.15) is 0 Å². The van der Waals surface area contributed by atoms with Gasteiger partial charge in [-0.15, -0.1) is 10.2 Å². The largest absolute Gasteiger partial charge is 0.453 e. The van der Waals surface area contributed by atoms with E-state index in [1.807, 2.05) is 66.2 Å². The Hall–Kier alpha value is -2.58. The molecule has 2 heterocycles. The summed E-state index contributed by atoms with van der Waals surface area (Å²) in [5.41, 5.74) is 1.56. The fourth-order valence-corrected chi connectivity index (χ4v) is 3.72. The van der Waals surface area contributed by atoms with Crippen LogP contribution < -0.4 is 5.32 Å². The number of carbonyl (C=O) groups is 1. The average molecular weight is 443 g/mol. The summed E-state index contributed by atoms with van der Waals surface area (Å²) in [6.07, 6.45) is 0. The molecule has 8 heteroatoms. The molecular weight excluding hydrogens is 428 g/mol. The van der Waals surface area contributed by atoms with E-state index in [1.165, 1.54) is 11.8 Å². The minimum atomic E-state index is -0.0932. The number of furan rings is 1. The van der Waals surface area contributed by atoms with Gasteiger partial charge in [-0.05, 0) is 36.4 Å². The maximum absolute atomic E-state index is 12.1. The topological polar surface area (TPSA) is 73.0 Å². The van der Waals surface area contributed by atoms with Crippen molar-refractivity contribution in [3.8, 4) is 11.6 Å². The van der Waals surface area contributed by atoms with Crippen molar-refractivity contribution in [3.63, 3.8) is 0 Å². The monoisotopic (exact) mass is 442 g/mol. The number of amides is 1. The van der Waals surface area contributed by atoms with E-state index in [9.17, 15) is 4.79 Å². The lowest BCUT2D eigenvalue weighted by Gasteiger charge is -2.04. The number of fused-ring (bicyclic) bond motifs is 1. The normalized spacial score (nSPS) is 11.0. The van der Waals surface area contributed by atoms with Crippen molar-refractivity contribution in [1.82, 2.24) is 14.8 Å². The van der Waals surface area contributed by atoms with Gasteiger partial charge in [0.2, 0.25) is 5.91 Å². The molecule has 136 valence electrons. The molecule has 2 aromatic heterocycles. The van der Waals surface area contributed by atoms with Crippen molar-refractivity contribution >= 4 is 50.3 Å². The van der Waals surface area contributed by atoms with Crippen LogP contribution in [0.1, 0.15) is 0 Å². The number of thioether (sulfide) groups is 1. The van der Waals surface area contributed by atoms with Gasteiger partial charge in [-0.1, -0.05) is 45.9 Å². The zero-order valence-corrected chi connectivity index (χ0v) is 16.8. The van der Waals surface area contributed by atoms with Crippen LogP contribution in [0.3, 0.4) is 0 Å². The predicted octanol–water partition coefficient (Wildman–Crippen LogP) is 4.72. The number of anilines is 1. The van der Waals surface area contributed by atoms with E-state index in [1.54, 1.807) is 0 Å². The number of carbonyl (C=O) groups excluding carboxylic acids is 1. The first-order chi connectivity index (χ1) is 13.1. The summed E-state index contributed by atoms with van der Waals surface area (Å²) in [5.74, 6) is 1.41. The number of aromatic nitrogens is 3. The molecule has 1 N–H and O–H groups in total. The third-order valence-corrected chi connectivity index (χ3v) is 5.44. The smallest absolute Gasteiger partial charge is 0.234 e. The molecule has 27 heavy (non-hydrogen) atoms. The maximum atomic E-state index is 12.1. The molecule has 2 aromatic carbocycles. The molecule has 1 amide bonds. The molecule has 0 spiro atoms. The van der Waals surface area contributed by atoms with E-state index in [0.29, 0.717) is 16.7 Å². The summed E-state index contributed by atoms with van der Waals surface area (Å²) >= 11 is 4.79. The summed E-state index contributed by atoms with van der Waals surface area (Å²) in [6, 6.07) is 17.1. The van der Waals surface area contributed by atoms with Gasteiger partial charge in [0.1, 0.15) is 5.58 Å². The van der Waals surface area contributed by atoms with Crippen molar-refractivity contribution in [2.45, 2.75) is 5.16 Å². The van der Waals surface area contributed by atoms with Crippen molar-refractivity contribution in [2.24, 2.45) is 7.05 Å². The summed E-state index contributed by atoms with van der Waals surface area (Å²) < 4.78 is 8.69. The molecule has 0 radical (unpaired) electrons. The Morgan fingerprint density at radius 2 is 2.00 bits per heavy atom. The van der Waals surface area contributed by atoms with E-state index in [2.05, 4.69) is 31.4 Å². The number of nitrogens with zero attached hydrogens (tertiary/aromatic N) is 3. The van der Waals surface area contributed by atoms with Gasteiger partial charge in [-0.25, -0.2) is 0 Å². The van der Waals surface area contributed by atoms with Crippen molar-refractivity contribution in [2.75, 3.05) is 11.1 Å². The van der Waals surface area contributed by atoms with Gasteiger partial charge in [0.25, 0.3) is 0 Å². The molecule has 0 aliphatic rings. The van der Waals surface area contributed by atoms with E-state index in [-0.39, 0.29) is 11.7 Å². The number of rotatable bonds is 5. The highest BCUT2D eigenvalue weighted by Gasteiger charge is 2.16.